The number of hydrogen-bond acceptors (Lipinski definition) is 3. The number of halogens is 1. The standard InChI is InChI=1S/C15H15BrN2O2/c1-9(2)12-8-10(16)5-6-13(12)20-15-11(14(17)19)4-3-7-18-15/h3-9H,1-2H3,(H2,17,19). The molecule has 0 saturated heterocycles. The van der Waals surface area contributed by atoms with Crippen LogP contribution in [-0.2, 0) is 0 Å². The van der Waals surface area contributed by atoms with E-state index in [0.29, 0.717) is 5.75 Å². The molecule has 0 aliphatic carbocycles. The summed E-state index contributed by atoms with van der Waals surface area (Å²) in [6.07, 6.45) is 1.57. The van der Waals surface area contributed by atoms with Crippen LogP contribution in [0.2, 0.25) is 0 Å². The summed E-state index contributed by atoms with van der Waals surface area (Å²) in [4.78, 5) is 15.5. The molecule has 1 aromatic carbocycles. The zero-order valence-corrected chi connectivity index (χ0v) is 12.8. The first-order chi connectivity index (χ1) is 9.49. The Bertz CT molecular complexity index is 642. The Kier molecular flexibility index (Phi) is 4.39. The highest BCUT2D eigenvalue weighted by molar-refractivity contribution is 9.10. The van der Waals surface area contributed by atoms with E-state index in [1.54, 1.807) is 18.3 Å². The molecule has 0 spiro atoms. The van der Waals surface area contributed by atoms with Gasteiger partial charge in [0.2, 0.25) is 5.88 Å². The Morgan fingerprint density at radius 3 is 2.75 bits per heavy atom. The molecule has 104 valence electrons. The Balaban J connectivity index is 2.43. The topological polar surface area (TPSA) is 65.2 Å². The van der Waals surface area contributed by atoms with Crippen molar-refractivity contribution in [2.75, 3.05) is 0 Å². The quantitative estimate of drug-likeness (QED) is 0.923. The molecular weight excluding hydrogens is 320 g/mol. The van der Waals surface area contributed by atoms with Crippen LogP contribution in [0.4, 0.5) is 0 Å². The molecule has 1 heterocycles. The van der Waals surface area contributed by atoms with Gasteiger partial charge in [-0.2, -0.15) is 0 Å². The molecule has 0 bridgehead atoms. The summed E-state index contributed by atoms with van der Waals surface area (Å²) in [7, 11) is 0. The number of hydrogen-bond donors (Lipinski definition) is 1. The van der Waals surface area contributed by atoms with Gasteiger partial charge in [-0.05, 0) is 41.8 Å². The lowest BCUT2D eigenvalue weighted by molar-refractivity contribution is 0.0997. The van der Waals surface area contributed by atoms with Crippen molar-refractivity contribution in [1.82, 2.24) is 4.98 Å². The molecule has 2 N–H and O–H groups in total. The molecule has 20 heavy (non-hydrogen) atoms. The molecule has 0 unspecified atom stereocenters. The minimum Gasteiger partial charge on any atom is -0.438 e. The van der Waals surface area contributed by atoms with Gasteiger partial charge in [-0.15, -0.1) is 0 Å². The molecule has 0 aliphatic rings. The maximum absolute atomic E-state index is 11.4. The van der Waals surface area contributed by atoms with Crippen LogP contribution in [-0.4, -0.2) is 10.9 Å². The van der Waals surface area contributed by atoms with Crippen molar-refractivity contribution in [3.63, 3.8) is 0 Å². The van der Waals surface area contributed by atoms with Crippen molar-refractivity contribution >= 4 is 21.8 Å². The first kappa shape index (κ1) is 14.5. The van der Waals surface area contributed by atoms with Gasteiger partial charge in [-0.1, -0.05) is 29.8 Å². The average molecular weight is 335 g/mol. The number of carbonyl (C=O) groups excluding carboxylic acids is 1. The summed E-state index contributed by atoms with van der Waals surface area (Å²) >= 11 is 3.44. The third-order valence-electron chi connectivity index (χ3n) is 2.84. The largest absolute Gasteiger partial charge is 0.438 e. The molecule has 2 aromatic rings. The highest BCUT2D eigenvalue weighted by Crippen LogP contribution is 2.33. The van der Waals surface area contributed by atoms with E-state index in [-0.39, 0.29) is 17.4 Å². The molecule has 0 radical (unpaired) electrons. The Morgan fingerprint density at radius 2 is 2.10 bits per heavy atom. The summed E-state index contributed by atoms with van der Waals surface area (Å²) < 4.78 is 6.76. The van der Waals surface area contributed by atoms with Gasteiger partial charge in [0.25, 0.3) is 5.91 Å². The smallest absolute Gasteiger partial charge is 0.254 e. The van der Waals surface area contributed by atoms with Gasteiger partial charge in [0.1, 0.15) is 11.3 Å². The zero-order valence-electron chi connectivity index (χ0n) is 11.3. The molecule has 0 atom stereocenters. The van der Waals surface area contributed by atoms with Crippen molar-refractivity contribution in [3.05, 3.63) is 52.1 Å². The van der Waals surface area contributed by atoms with E-state index in [1.807, 2.05) is 18.2 Å². The lowest BCUT2D eigenvalue weighted by atomic mass is 10.0. The lowest BCUT2D eigenvalue weighted by Crippen LogP contribution is -2.13. The van der Waals surface area contributed by atoms with E-state index in [4.69, 9.17) is 10.5 Å². The van der Waals surface area contributed by atoms with Gasteiger partial charge in [-0.3, -0.25) is 4.79 Å². The normalized spacial score (nSPS) is 10.6. The van der Waals surface area contributed by atoms with Crippen LogP contribution in [0.5, 0.6) is 11.6 Å². The Labute approximate surface area is 126 Å². The molecule has 1 aromatic heterocycles. The van der Waals surface area contributed by atoms with Crippen LogP contribution >= 0.6 is 15.9 Å². The second-order valence-corrected chi connectivity index (χ2v) is 5.57. The summed E-state index contributed by atoms with van der Waals surface area (Å²) in [5, 5.41) is 0. The summed E-state index contributed by atoms with van der Waals surface area (Å²) in [6.45, 7) is 4.14. The highest BCUT2D eigenvalue weighted by Gasteiger charge is 2.14. The molecule has 2 rings (SSSR count). The van der Waals surface area contributed by atoms with Gasteiger partial charge in [0, 0.05) is 10.7 Å². The minimum atomic E-state index is -0.559. The Morgan fingerprint density at radius 1 is 1.35 bits per heavy atom. The molecule has 0 aliphatic heterocycles. The van der Waals surface area contributed by atoms with Crippen molar-refractivity contribution < 1.29 is 9.53 Å². The van der Waals surface area contributed by atoms with Gasteiger partial charge in [-0.25, -0.2) is 4.98 Å². The first-order valence-corrected chi connectivity index (χ1v) is 7.00. The average Bonchev–Trinajstić information content (AvgIpc) is 2.41. The number of ether oxygens (including phenoxy) is 1. The Hall–Kier alpha value is -1.88. The van der Waals surface area contributed by atoms with Crippen molar-refractivity contribution in [2.45, 2.75) is 19.8 Å². The zero-order chi connectivity index (χ0) is 14.7. The first-order valence-electron chi connectivity index (χ1n) is 6.21. The van der Waals surface area contributed by atoms with Crippen LogP contribution in [0, 0.1) is 0 Å². The number of benzene rings is 1. The number of nitrogens with zero attached hydrogens (tertiary/aromatic N) is 1. The summed E-state index contributed by atoms with van der Waals surface area (Å²) in [5.74, 6) is 0.619. The van der Waals surface area contributed by atoms with E-state index in [2.05, 4.69) is 34.8 Å². The fourth-order valence-electron chi connectivity index (χ4n) is 1.83. The third-order valence-corrected chi connectivity index (χ3v) is 3.33. The summed E-state index contributed by atoms with van der Waals surface area (Å²) in [6, 6.07) is 8.97. The minimum absolute atomic E-state index is 0.226. The van der Waals surface area contributed by atoms with Gasteiger partial charge in [0.15, 0.2) is 0 Å². The van der Waals surface area contributed by atoms with Crippen molar-refractivity contribution in [3.8, 4) is 11.6 Å². The second kappa shape index (κ2) is 6.05. The molecule has 1 amide bonds. The SMILES string of the molecule is CC(C)c1cc(Br)ccc1Oc1ncccc1C(N)=O. The highest BCUT2D eigenvalue weighted by atomic mass is 79.9. The molecule has 4 nitrogen and oxygen atoms in total. The third kappa shape index (κ3) is 3.17. The van der Waals surface area contributed by atoms with Crippen molar-refractivity contribution in [2.24, 2.45) is 5.73 Å². The van der Waals surface area contributed by atoms with Crippen LogP contribution < -0.4 is 10.5 Å². The van der Waals surface area contributed by atoms with Crippen LogP contribution in [0.1, 0.15) is 35.7 Å². The fourth-order valence-corrected chi connectivity index (χ4v) is 2.21. The maximum atomic E-state index is 11.4. The van der Waals surface area contributed by atoms with Gasteiger partial charge < -0.3 is 10.5 Å². The number of primary amides is 1. The van der Waals surface area contributed by atoms with Crippen LogP contribution in [0.25, 0.3) is 0 Å². The molecular formula is C15H15BrN2O2. The number of pyridine rings is 1. The number of nitrogens with two attached hydrogens (primary N) is 1. The number of aromatic nitrogens is 1. The predicted molar refractivity (Wildman–Crippen MR) is 81.1 cm³/mol. The van der Waals surface area contributed by atoms with Gasteiger partial charge in [0.05, 0.1) is 0 Å². The summed E-state index contributed by atoms with van der Waals surface area (Å²) in [5.41, 5.74) is 6.62. The fraction of sp³-hybridized carbons (Fsp3) is 0.200. The molecule has 0 fully saturated rings. The predicted octanol–water partition coefficient (Wildman–Crippen LogP) is 3.86. The van der Waals surface area contributed by atoms with E-state index in [0.717, 1.165) is 10.0 Å². The van der Waals surface area contributed by atoms with E-state index >= 15 is 0 Å². The van der Waals surface area contributed by atoms with E-state index in [9.17, 15) is 4.79 Å². The van der Waals surface area contributed by atoms with Crippen LogP contribution in [0.15, 0.2) is 41.0 Å². The van der Waals surface area contributed by atoms with Crippen LogP contribution in [0.3, 0.4) is 0 Å². The number of amides is 1. The number of carbonyl (C=O) groups is 1. The molecule has 0 saturated carbocycles. The van der Waals surface area contributed by atoms with E-state index in [1.165, 1.54) is 0 Å². The molecule has 5 heteroatoms. The monoisotopic (exact) mass is 334 g/mol. The second-order valence-electron chi connectivity index (χ2n) is 4.66. The number of rotatable bonds is 4. The van der Waals surface area contributed by atoms with Crippen molar-refractivity contribution in [1.29, 1.82) is 0 Å². The lowest BCUT2D eigenvalue weighted by Gasteiger charge is -2.14. The maximum Gasteiger partial charge on any atom is 0.254 e. The van der Waals surface area contributed by atoms with Gasteiger partial charge >= 0.3 is 0 Å². The van der Waals surface area contributed by atoms with E-state index < -0.39 is 5.91 Å².